The topological polar surface area (TPSA) is 46.5 Å². The normalized spacial score (nSPS) is 41.8. The molecule has 0 amide bonds. The summed E-state index contributed by atoms with van der Waals surface area (Å²) < 4.78 is 5.51. The van der Waals surface area contributed by atoms with Crippen molar-refractivity contribution in [3.63, 3.8) is 0 Å². The van der Waals surface area contributed by atoms with E-state index in [9.17, 15) is 9.90 Å². The average molecular weight is 252 g/mol. The average Bonchev–Trinajstić information content (AvgIpc) is 2.61. The van der Waals surface area contributed by atoms with Crippen molar-refractivity contribution in [3.05, 3.63) is 11.6 Å². The Kier molecular flexibility index (Phi) is 3.81. The maximum atomic E-state index is 11.2. The van der Waals surface area contributed by atoms with Crippen molar-refractivity contribution < 1.29 is 14.6 Å². The van der Waals surface area contributed by atoms with Gasteiger partial charge in [0.25, 0.3) is 0 Å². The van der Waals surface area contributed by atoms with E-state index in [0.717, 1.165) is 25.7 Å². The second kappa shape index (κ2) is 5.04. The smallest absolute Gasteiger partial charge is 0.302 e. The lowest BCUT2D eigenvalue weighted by atomic mass is 9.66. The van der Waals surface area contributed by atoms with E-state index in [-0.39, 0.29) is 30.0 Å². The van der Waals surface area contributed by atoms with Gasteiger partial charge in [-0.25, -0.2) is 0 Å². The molecule has 102 valence electrons. The number of carbonyl (C=O) groups excluding carboxylic acids is 1. The standard InChI is InChI=1S/C15H24O3/c1-4-12-11(9-16)8-13-14(18-10(2)17)6-5-7-15(12,13)3/h4,11,13-14,16H,5-9H2,1-3H3/b12-4+/t11?,13?,14-,15+/m0/s1. The highest BCUT2D eigenvalue weighted by molar-refractivity contribution is 5.66. The summed E-state index contributed by atoms with van der Waals surface area (Å²) in [7, 11) is 0. The molecule has 0 bridgehead atoms. The highest BCUT2D eigenvalue weighted by Crippen LogP contribution is 2.58. The Bertz CT molecular complexity index is 361. The Hall–Kier alpha value is -0.830. The minimum Gasteiger partial charge on any atom is -0.462 e. The number of hydrogen-bond donors (Lipinski definition) is 1. The Morgan fingerprint density at radius 2 is 2.33 bits per heavy atom. The number of aliphatic hydroxyl groups is 1. The number of carbonyl (C=O) groups is 1. The zero-order chi connectivity index (χ0) is 13.3. The van der Waals surface area contributed by atoms with Crippen LogP contribution in [0.25, 0.3) is 0 Å². The number of esters is 1. The van der Waals surface area contributed by atoms with Crippen molar-refractivity contribution in [3.8, 4) is 0 Å². The lowest BCUT2D eigenvalue weighted by Gasteiger charge is -2.42. The summed E-state index contributed by atoms with van der Waals surface area (Å²) in [5.41, 5.74) is 1.48. The molecule has 2 unspecified atom stereocenters. The van der Waals surface area contributed by atoms with E-state index >= 15 is 0 Å². The summed E-state index contributed by atoms with van der Waals surface area (Å²) in [6, 6.07) is 0. The van der Waals surface area contributed by atoms with Crippen LogP contribution >= 0.6 is 0 Å². The zero-order valence-electron chi connectivity index (χ0n) is 11.6. The van der Waals surface area contributed by atoms with E-state index in [0.29, 0.717) is 5.92 Å². The fourth-order valence-corrected chi connectivity index (χ4v) is 4.23. The third-order valence-corrected chi connectivity index (χ3v) is 4.94. The lowest BCUT2D eigenvalue weighted by molar-refractivity contribution is -0.153. The van der Waals surface area contributed by atoms with Crippen LogP contribution in [-0.2, 0) is 9.53 Å². The second-order valence-corrected chi connectivity index (χ2v) is 5.92. The Morgan fingerprint density at radius 3 is 2.89 bits per heavy atom. The van der Waals surface area contributed by atoms with Crippen LogP contribution in [0.3, 0.4) is 0 Å². The summed E-state index contributed by atoms with van der Waals surface area (Å²) in [5.74, 6) is 0.443. The molecule has 0 aromatic carbocycles. The van der Waals surface area contributed by atoms with E-state index in [1.54, 1.807) is 0 Å². The molecule has 1 N–H and O–H groups in total. The first-order valence-corrected chi connectivity index (χ1v) is 6.97. The van der Waals surface area contributed by atoms with Crippen molar-refractivity contribution >= 4 is 5.97 Å². The molecular formula is C15H24O3. The predicted octanol–water partition coefficient (Wildman–Crippen LogP) is 2.68. The first-order chi connectivity index (χ1) is 8.52. The number of ether oxygens (including phenoxy) is 1. The molecule has 2 aliphatic rings. The number of hydrogen-bond acceptors (Lipinski definition) is 3. The third kappa shape index (κ3) is 2.09. The van der Waals surface area contributed by atoms with Crippen LogP contribution in [0.5, 0.6) is 0 Å². The van der Waals surface area contributed by atoms with E-state index in [4.69, 9.17) is 4.74 Å². The van der Waals surface area contributed by atoms with Gasteiger partial charge in [0.15, 0.2) is 0 Å². The first kappa shape index (κ1) is 13.6. The van der Waals surface area contributed by atoms with Crippen LogP contribution in [-0.4, -0.2) is 23.8 Å². The SMILES string of the molecule is C/C=C1\C(CO)CC2[C@@H](OC(C)=O)CCC[C@]12C. The van der Waals surface area contributed by atoms with Gasteiger partial charge in [-0.3, -0.25) is 4.79 Å². The van der Waals surface area contributed by atoms with Gasteiger partial charge in [0.1, 0.15) is 6.10 Å². The zero-order valence-corrected chi connectivity index (χ0v) is 11.6. The molecule has 0 aromatic rings. The van der Waals surface area contributed by atoms with Gasteiger partial charge >= 0.3 is 5.97 Å². The van der Waals surface area contributed by atoms with Gasteiger partial charge < -0.3 is 9.84 Å². The van der Waals surface area contributed by atoms with E-state index in [1.807, 2.05) is 0 Å². The van der Waals surface area contributed by atoms with E-state index in [1.165, 1.54) is 12.5 Å². The molecular weight excluding hydrogens is 228 g/mol. The number of rotatable bonds is 2. The highest BCUT2D eigenvalue weighted by atomic mass is 16.5. The molecule has 2 rings (SSSR count). The maximum absolute atomic E-state index is 11.2. The van der Waals surface area contributed by atoms with Crippen LogP contribution < -0.4 is 0 Å². The van der Waals surface area contributed by atoms with Gasteiger partial charge in [-0.15, -0.1) is 0 Å². The largest absolute Gasteiger partial charge is 0.462 e. The number of fused-ring (bicyclic) bond motifs is 1. The van der Waals surface area contributed by atoms with Gasteiger partial charge in [0, 0.05) is 25.4 Å². The molecule has 3 heteroatoms. The van der Waals surface area contributed by atoms with Crippen molar-refractivity contribution in [2.24, 2.45) is 17.3 Å². The van der Waals surface area contributed by atoms with E-state index < -0.39 is 0 Å². The van der Waals surface area contributed by atoms with Gasteiger partial charge in [-0.05, 0) is 38.0 Å². The molecule has 2 saturated carbocycles. The van der Waals surface area contributed by atoms with Crippen LogP contribution in [0.15, 0.2) is 11.6 Å². The fourth-order valence-electron chi connectivity index (χ4n) is 4.23. The highest BCUT2D eigenvalue weighted by Gasteiger charge is 2.52. The summed E-state index contributed by atoms with van der Waals surface area (Å²) >= 11 is 0. The van der Waals surface area contributed by atoms with Crippen LogP contribution in [0.1, 0.15) is 46.5 Å². The molecule has 4 atom stereocenters. The maximum Gasteiger partial charge on any atom is 0.302 e. The van der Waals surface area contributed by atoms with Gasteiger partial charge in [-0.2, -0.15) is 0 Å². The number of aliphatic hydroxyl groups excluding tert-OH is 1. The molecule has 2 fully saturated rings. The predicted molar refractivity (Wildman–Crippen MR) is 70.0 cm³/mol. The van der Waals surface area contributed by atoms with Crippen molar-refractivity contribution in [2.75, 3.05) is 6.61 Å². The molecule has 3 nitrogen and oxygen atoms in total. The van der Waals surface area contributed by atoms with Crippen molar-refractivity contribution in [2.45, 2.75) is 52.6 Å². The number of allylic oxidation sites excluding steroid dienone is 1. The monoisotopic (exact) mass is 252 g/mol. The molecule has 0 radical (unpaired) electrons. The molecule has 2 aliphatic carbocycles. The minimum absolute atomic E-state index is 0.0350. The summed E-state index contributed by atoms with van der Waals surface area (Å²) in [5, 5.41) is 9.55. The summed E-state index contributed by atoms with van der Waals surface area (Å²) in [6.45, 7) is 6.03. The molecule has 18 heavy (non-hydrogen) atoms. The summed E-state index contributed by atoms with van der Waals surface area (Å²) in [6.07, 6.45) is 6.36. The fraction of sp³-hybridized carbons (Fsp3) is 0.800. The Balaban J connectivity index is 2.27. The second-order valence-electron chi connectivity index (χ2n) is 5.92. The molecule has 0 heterocycles. The molecule has 0 aliphatic heterocycles. The molecule has 0 saturated heterocycles. The summed E-state index contributed by atoms with van der Waals surface area (Å²) in [4.78, 5) is 11.2. The Labute approximate surface area is 109 Å². The lowest BCUT2D eigenvalue weighted by Crippen LogP contribution is -2.39. The van der Waals surface area contributed by atoms with Gasteiger partial charge in [0.05, 0.1) is 0 Å². The molecule has 0 aromatic heterocycles. The minimum atomic E-state index is -0.182. The van der Waals surface area contributed by atoms with Crippen LogP contribution in [0.4, 0.5) is 0 Å². The quantitative estimate of drug-likeness (QED) is 0.607. The Morgan fingerprint density at radius 1 is 1.61 bits per heavy atom. The van der Waals surface area contributed by atoms with E-state index in [2.05, 4.69) is 19.9 Å². The van der Waals surface area contributed by atoms with Crippen LogP contribution in [0, 0.1) is 17.3 Å². The van der Waals surface area contributed by atoms with Crippen molar-refractivity contribution in [1.82, 2.24) is 0 Å². The third-order valence-electron chi connectivity index (χ3n) is 4.94. The van der Waals surface area contributed by atoms with Crippen molar-refractivity contribution in [1.29, 1.82) is 0 Å². The van der Waals surface area contributed by atoms with Crippen LogP contribution in [0.2, 0.25) is 0 Å². The molecule has 0 spiro atoms. The van der Waals surface area contributed by atoms with Gasteiger partial charge in [-0.1, -0.05) is 18.6 Å². The first-order valence-electron chi connectivity index (χ1n) is 6.97. The van der Waals surface area contributed by atoms with Gasteiger partial charge in [0.2, 0.25) is 0 Å².